The minimum absolute atomic E-state index is 0.220. The summed E-state index contributed by atoms with van der Waals surface area (Å²) in [6.45, 7) is 3.45. The fraction of sp³-hybridized carbons (Fsp3) is 1.00. The average molecular weight is 345 g/mol. The maximum absolute atomic E-state index is 12.3. The molecule has 1 saturated heterocycles. The zero-order valence-electron chi connectivity index (χ0n) is 13.2. The van der Waals surface area contributed by atoms with Crippen LogP contribution in [-0.2, 0) is 10.0 Å². The van der Waals surface area contributed by atoms with E-state index < -0.39 is 22.7 Å². The van der Waals surface area contributed by atoms with Crippen LogP contribution in [0.5, 0.6) is 0 Å². The number of nitrogens with zero attached hydrogens (tertiary/aromatic N) is 2. The summed E-state index contributed by atoms with van der Waals surface area (Å²) in [4.78, 5) is 1.43. The first-order valence-corrected chi connectivity index (χ1v) is 9.44. The molecule has 0 aromatic heterocycles. The van der Waals surface area contributed by atoms with Crippen molar-refractivity contribution in [2.24, 2.45) is 0 Å². The topological polar surface area (TPSA) is 52.6 Å². The lowest BCUT2D eigenvalue weighted by molar-refractivity contribution is -0.148. The Morgan fingerprint density at radius 3 is 2.32 bits per heavy atom. The predicted octanol–water partition coefficient (Wildman–Crippen LogP) is 1.27. The number of sulfonamides is 1. The van der Waals surface area contributed by atoms with Crippen LogP contribution < -0.4 is 5.32 Å². The Balaban J connectivity index is 2.18. The van der Waals surface area contributed by atoms with E-state index in [2.05, 4.69) is 5.32 Å². The molecular weight excluding hydrogens is 319 g/mol. The van der Waals surface area contributed by atoms with Gasteiger partial charge in [0.05, 0.1) is 12.8 Å². The van der Waals surface area contributed by atoms with Crippen molar-refractivity contribution in [2.45, 2.75) is 38.4 Å². The molecule has 0 aliphatic carbocycles. The highest BCUT2D eigenvalue weighted by atomic mass is 32.2. The van der Waals surface area contributed by atoms with Gasteiger partial charge in [0.15, 0.2) is 0 Å². The van der Waals surface area contributed by atoms with Crippen molar-refractivity contribution >= 4 is 10.0 Å². The van der Waals surface area contributed by atoms with Crippen molar-refractivity contribution in [2.75, 3.05) is 45.5 Å². The molecule has 0 atom stereocenters. The van der Waals surface area contributed by atoms with Crippen LogP contribution in [0.3, 0.4) is 0 Å². The lowest BCUT2D eigenvalue weighted by Gasteiger charge is -2.33. The second kappa shape index (κ2) is 8.47. The fourth-order valence-electron chi connectivity index (χ4n) is 2.67. The SMILES string of the molecule is CCN(CCCNC1CCN(CC(F)(F)F)CC1)S(C)(=O)=O. The Kier molecular flexibility index (Phi) is 7.57. The molecule has 0 amide bonds. The van der Waals surface area contributed by atoms with Crippen LogP contribution in [0.1, 0.15) is 26.2 Å². The van der Waals surface area contributed by atoms with Gasteiger partial charge < -0.3 is 5.32 Å². The van der Waals surface area contributed by atoms with E-state index in [4.69, 9.17) is 0 Å². The average Bonchev–Trinajstić information content (AvgIpc) is 2.37. The minimum atomic E-state index is -4.13. The molecule has 1 N–H and O–H groups in total. The van der Waals surface area contributed by atoms with Crippen molar-refractivity contribution in [3.63, 3.8) is 0 Å². The van der Waals surface area contributed by atoms with Crippen molar-refractivity contribution in [3.8, 4) is 0 Å². The van der Waals surface area contributed by atoms with E-state index in [-0.39, 0.29) is 6.04 Å². The van der Waals surface area contributed by atoms with Gasteiger partial charge in [0, 0.05) is 19.1 Å². The van der Waals surface area contributed by atoms with Crippen LogP contribution in [0, 0.1) is 0 Å². The molecule has 0 bridgehead atoms. The first-order valence-electron chi connectivity index (χ1n) is 7.59. The minimum Gasteiger partial charge on any atom is -0.314 e. The number of nitrogens with one attached hydrogen (secondary N) is 1. The van der Waals surface area contributed by atoms with E-state index in [9.17, 15) is 21.6 Å². The molecule has 1 rings (SSSR count). The fourth-order valence-corrected chi connectivity index (χ4v) is 3.60. The highest BCUT2D eigenvalue weighted by Gasteiger charge is 2.32. The van der Waals surface area contributed by atoms with Crippen LogP contribution in [0.25, 0.3) is 0 Å². The molecule has 132 valence electrons. The second-order valence-corrected chi connectivity index (χ2v) is 7.71. The number of hydrogen-bond acceptors (Lipinski definition) is 4. The Morgan fingerprint density at radius 1 is 1.27 bits per heavy atom. The molecule has 1 heterocycles. The van der Waals surface area contributed by atoms with Crippen LogP contribution in [0.4, 0.5) is 13.2 Å². The van der Waals surface area contributed by atoms with E-state index in [0.29, 0.717) is 52.0 Å². The molecule has 0 spiro atoms. The van der Waals surface area contributed by atoms with Gasteiger partial charge in [0.25, 0.3) is 0 Å². The molecule has 0 aromatic carbocycles. The van der Waals surface area contributed by atoms with Gasteiger partial charge >= 0.3 is 6.18 Å². The zero-order chi connectivity index (χ0) is 16.8. The zero-order valence-corrected chi connectivity index (χ0v) is 14.0. The number of likely N-dealkylation sites (tertiary alicyclic amines) is 1. The summed E-state index contributed by atoms with van der Waals surface area (Å²) in [6.07, 6.45) is -0.848. The van der Waals surface area contributed by atoms with Crippen LogP contribution >= 0.6 is 0 Å². The molecular formula is C13H26F3N3O2S. The van der Waals surface area contributed by atoms with Crippen molar-refractivity contribution in [3.05, 3.63) is 0 Å². The summed E-state index contributed by atoms with van der Waals surface area (Å²) in [5.74, 6) is 0. The standard InChI is InChI=1S/C13H26F3N3O2S/c1-3-19(22(2,20)21)8-4-7-17-12-5-9-18(10-6-12)11-13(14,15)16/h12,17H,3-11H2,1-2H3. The lowest BCUT2D eigenvalue weighted by Crippen LogP contribution is -2.46. The normalized spacial score (nSPS) is 19.0. The van der Waals surface area contributed by atoms with Crippen molar-refractivity contribution in [1.29, 1.82) is 0 Å². The van der Waals surface area contributed by atoms with Gasteiger partial charge in [0.2, 0.25) is 10.0 Å². The number of alkyl halides is 3. The van der Waals surface area contributed by atoms with E-state index in [1.165, 1.54) is 15.5 Å². The Bertz CT molecular complexity index is 421. The largest absolute Gasteiger partial charge is 0.401 e. The smallest absolute Gasteiger partial charge is 0.314 e. The summed E-state index contributed by atoms with van der Waals surface area (Å²) >= 11 is 0. The molecule has 22 heavy (non-hydrogen) atoms. The monoisotopic (exact) mass is 345 g/mol. The third-order valence-electron chi connectivity index (χ3n) is 3.83. The Morgan fingerprint density at radius 2 is 1.86 bits per heavy atom. The highest BCUT2D eigenvalue weighted by molar-refractivity contribution is 7.88. The molecule has 0 aromatic rings. The van der Waals surface area contributed by atoms with Gasteiger partial charge in [-0.25, -0.2) is 12.7 Å². The third kappa shape index (κ3) is 7.75. The molecule has 1 aliphatic heterocycles. The van der Waals surface area contributed by atoms with Crippen LogP contribution in [0.15, 0.2) is 0 Å². The van der Waals surface area contributed by atoms with Crippen molar-refractivity contribution < 1.29 is 21.6 Å². The first kappa shape index (κ1) is 19.7. The lowest BCUT2D eigenvalue weighted by atomic mass is 10.0. The molecule has 0 unspecified atom stereocenters. The number of rotatable bonds is 8. The summed E-state index contributed by atoms with van der Waals surface area (Å²) < 4.78 is 61.1. The number of halogens is 3. The van der Waals surface area contributed by atoms with Gasteiger partial charge in [-0.1, -0.05) is 6.92 Å². The maximum atomic E-state index is 12.3. The third-order valence-corrected chi connectivity index (χ3v) is 5.21. The second-order valence-electron chi connectivity index (χ2n) is 5.73. The quantitative estimate of drug-likeness (QED) is 0.673. The summed E-state index contributed by atoms with van der Waals surface area (Å²) in [5, 5.41) is 3.31. The van der Waals surface area contributed by atoms with Crippen molar-refractivity contribution in [1.82, 2.24) is 14.5 Å². The van der Waals surface area contributed by atoms with Gasteiger partial charge in [-0.05, 0) is 38.9 Å². The van der Waals surface area contributed by atoms with Crippen LogP contribution in [0.2, 0.25) is 0 Å². The molecule has 0 saturated carbocycles. The van der Waals surface area contributed by atoms with E-state index in [0.717, 1.165) is 0 Å². The van der Waals surface area contributed by atoms with Gasteiger partial charge in [-0.3, -0.25) is 4.90 Å². The Labute approximate surface area is 130 Å². The van der Waals surface area contributed by atoms with E-state index in [1.807, 2.05) is 0 Å². The van der Waals surface area contributed by atoms with Crippen LogP contribution in [-0.4, -0.2) is 75.4 Å². The summed E-state index contributed by atoms with van der Waals surface area (Å²) in [5.41, 5.74) is 0. The van der Waals surface area contributed by atoms with E-state index >= 15 is 0 Å². The first-order chi connectivity index (χ1) is 10.1. The Hall–Kier alpha value is -0.380. The molecule has 1 aliphatic rings. The highest BCUT2D eigenvalue weighted by Crippen LogP contribution is 2.19. The number of piperidine rings is 1. The molecule has 0 radical (unpaired) electrons. The predicted molar refractivity (Wildman–Crippen MR) is 80.2 cm³/mol. The van der Waals surface area contributed by atoms with Gasteiger partial charge in [-0.15, -0.1) is 0 Å². The molecule has 9 heteroatoms. The van der Waals surface area contributed by atoms with Gasteiger partial charge in [-0.2, -0.15) is 13.2 Å². The molecule has 1 fully saturated rings. The number of hydrogen-bond donors (Lipinski definition) is 1. The summed E-state index contributed by atoms with van der Waals surface area (Å²) in [6, 6.07) is 0.220. The van der Waals surface area contributed by atoms with Gasteiger partial charge in [0.1, 0.15) is 0 Å². The van der Waals surface area contributed by atoms with E-state index in [1.54, 1.807) is 6.92 Å². The maximum Gasteiger partial charge on any atom is 0.401 e. The molecule has 5 nitrogen and oxygen atoms in total. The summed E-state index contributed by atoms with van der Waals surface area (Å²) in [7, 11) is -3.15.